The summed E-state index contributed by atoms with van der Waals surface area (Å²) in [5.74, 6) is -1.12. The molecule has 0 saturated heterocycles. The first-order valence-electron chi connectivity index (χ1n) is 6.68. The second-order valence-corrected chi connectivity index (χ2v) is 4.96. The Morgan fingerprint density at radius 1 is 1.29 bits per heavy atom. The summed E-state index contributed by atoms with van der Waals surface area (Å²) >= 11 is 5.83. The van der Waals surface area contributed by atoms with Gasteiger partial charge in [0, 0.05) is 23.8 Å². The van der Waals surface area contributed by atoms with Crippen LogP contribution in [0.25, 0.3) is 0 Å². The lowest BCUT2D eigenvalue weighted by Gasteiger charge is -2.22. The molecule has 2 amide bonds. The topological polar surface area (TPSA) is 89.9 Å². The summed E-state index contributed by atoms with van der Waals surface area (Å²) in [6, 6.07) is 3.73. The van der Waals surface area contributed by atoms with Crippen LogP contribution in [-0.2, 0) is 0 Å². The number of aliphatic hydroxyl groups is 1. The van der Waals surface area contributed by atoms with E-state index >= 15 is 0 Å². The summed E-state index contributed by atoms with van der Waals surface area (Å²) in [4.78, 5) is 24.5. The van der Waals surface area contributed by atoms with Crippen LogP contribution >= 0.6 is 11.6 Å². The molecule has 116 valence electrons. The molecule has 1 aromatic carbocycles. The maximum absolute atomic E-state index is 12.1. The number of nitrogens with zero attached hydrogens (tertiary/aromatic N) is 1. The molecule has 7 heteroatoms. The average Bonchev–Trinajstić information content (AvgIpc) is 2.42. The maximum atomic E-state index is 12.1. The van der Waals surface area contributed by atoms with Crippen LogP contribution in [0.1, 0.15) is 30.1 Å². The summed E-state index contributed by atoms with van der Waals surface area (Å²) in [7, 11) is 0. The SMILES string of the molecule is CCCCN(CCO)C(=O)Nc1cc(Cl)cc(C(=O)O)c1. The van der Waals surface area contributed by atoms with E-state index in [2.05, 4.69) is 5.32 Å². The van der Waals surface area contributed by atoms with Crippen molar-refractivity contribution in [2.45, 2.75) is 19.8 Å². The Bertz CT molecular complexity index is 508. The Morgan fingerprint density at radius 2 is 2.00 bits per heavy atom. The summed E-state index contributed by atoms with van der Waals surface area (Å²) in [6.45, 7) is 2.62. The molecule has 0 aliphatic rings. The van der Waals surface area contributed by atoms with Crippen molar-refractivity contribution in [1.29, 1.82) is 0 Å². The standard InChI is InChI=1S/C14H19ClN2O4/c1-2-3-4-17(5-6-18)14(21)16-12-8-10(13(19)20)7-11(15)9-12/h7-9,18H,2-6H2,1H3,(H,16,21)(H,19,20). The number of carbonyl (C=O) groups excluding carboxylic acids is 1. The third-order valence-electron chi connectivity index (χ3n) is 2.83. The fraction of sp³-hybridized carbons (Fsp3) is 0.429. The van der Waals surface area contributed by atoms with Gasteiger partial charge in [-0.3, -0.25) is 0 Å². The number of benzene rings is 1. The molecule has 0 aliphatic carbocycles. The predicted octanol–water partition coefficient (Wildman–Crippen LogP) is 2.66. The molecule has 1 aromatic rings. The molecule has 21 heavy (non-hydrogen) atoms. The van der Waals surface area contributed by atoms with E-state index in [1.165, 1.54) is 23.1 Å². The zero-order valence-electron chi connectivity index (χ0n) is 11.8. The number of amides is 2. The fourth-order valence-corrected chi connectivity index (χ4v) is 2.01. The summed E-state index contributed by atoms with van der Waals surface area (Å²) in [5, 5.41) is 20.8. The van der Waals surface area contributed by atoms with Gasteiger partial charge in [0.05, 0.1) is 12.2 Å². The molecule has 0 atom stereocenters. The van der Waals surface area contributed by atoms with Crippen molar-refractivity contribution in [1.82, 2.24) is 4.90 Å². The van der Waals surface area contributed by atoms with E-state index in [-0.39, 0.29) is 23.7 Å². The van der Waals surface area contributed by atoms with Crippen LogP contribution in [0.4, 0.5) is 10.5 Å². The molecule has 0 unspecified atom stereocenters. The number of aliphatic hydroxyl groups excluding tert-OH is 1. The molecule has 0 aromatic heterocycles. The smallest absolute Gasteiger partial charge is 0.335 e. The number of carbonyl (C=O) groups is 2. The zero-order valence-corrected chi connectivity index (χ0v) is 12.6. The normalized spacial score (nSPS) is 10.2. The molecule has 0 fully saturated rings. The van der Waals surface area contributed by atoms with E-state index in [1.54, 1.807) is 0 Å². The monoisotopic (exact) mass is 314 g/mol. The summed E-state index contributed by atoms with van der Waals surface area (Å²) < 4.78 is 0. The van der Waals surface area contributed by atoms with Gasteiger partial charge in [-0.2, -0.15) is 0 Å². The highest BCUT2D eigenvalue weighted by Gasteiger charge is 2.14. The van der Waals surface area contributed by atoms with Crippen molar-refractivity contribution < 1.29 is 19.8 Å². The number of urea groups is 1. The lowest BCUT2D eigenvalue weighted by molar-refractivity contribution is 0.0697. The molecule has 0 heterocycles. The van der Waals surface area contributed by atoms with Crippen LogP contribution < -0.4 is 5.32 Å². The maximum Gasteiger partial charge on any atom is 0.335 e. The average molecular weight is 315 g/mol. The first kappa shape index (κ1) is 17.3. The number of carboxylic acids is 1. The Kier molecular flexibility index (Phi) is 6.98. The van der Waals surface area contributed by atoms with Gasteiger partial charge >= 0.3 is 12.0 Å². The van der Waals surface area contributed by atoms with Gasteiger partial charge in [0.25, 0.3) is 0 Å². The molecule has 0 saturated carbocycles. The second-order valence-electron chi connectivity index (χ2n) is 4.53. The Balaban J connectivity index is 2.82. The molecular formula is C14H19ClN2O4. The van der Waals surface area contributed by atoms with Gasteiger partial charge in [-0.1, -0.05) is 24.9 Å². The molecule has 0 radical (unpaired) electrons. The lowest BCUT2D eigenvalue weighted by atomic mass is 10.2. The quantitative estimate of drug-likeness (QED) is 0.721. The minimum atomic E-state index is -1.12. The molecule has 0 aliphatic heterocycles. The zero-order chi connectivity index (χ0) is 15.8. The summed E-state index contributed by atoms with van der Waals surface area (Å²) in [6.07, 6.45) is 1.75. The number of halogens is 1. The van der Waals surface area contributed by atoms with E-state index < -0.39 is 12.0 Å². The Morgan fingerprint density at radius 3 is 2.57 bits per heavy atom. The first-order chi connectivity index (χ1) is 9.97. The van der Waals surface area contributed by atoms with Gasteiger partial charge in [0.1, 0.15) is 0 Å². The number of carboxylic acid groups (broad SMARTS) is 1. The highest BCUT2D eigenvalue weighted by atomic mass is 35.5. The predicted molar refractivity (Wildman–Crippen MR) is 81.0 cm³/mol. The number of hydrogen-bond donors (Lipinski definition) is 3. The largest absolute Gasteiger partial charge is 0.478 e. The lowest BCUT2D eigenvalue weighted by Crippen LogP contribution is -2.37. The number of aromatic carboxylic acids is 1. The minimum Gasteiger partial charge on any atom is -0.478 e. The van der Waals surface area contributed by atoms with Gasteiger partial charge < -0.3 is 20.4 Å². The third-order valence-corrected chi connectivity index (χ3v) is 3.05. The highest BCUT2D eigenvalue weighted by molar-refractivity contribution is 6.31. The molecule has 3 N–H and O–H groups in total. The molecule has 1 rings (SSSR count). The number of nitrogens with one attached hydrogen (secondary N) is 1. The van der Waals surface area contributed by atoms with E-state index in [0.717, 1.165) is 12.8 Å². The van der Waals surface area contributed by atoms with Gasteiger partial charge in [-0.25, -0.2) is 9.59 Å². The van der Waals surface area contributed by atoms with Gasteiger partial charge in [-0.05, 0) is 24.6 Å². The molecule has 6 nitrogen and oxygen atoms in total. The van der Waals surface area contributed by atoms with Gasteiger partial charge in [-0.15, -0.1) is 0 Å². The Labute approximate surface area is 128 Å². The van der Waals surface area contributed by atoms with E-state index in [1.807, 2.05) is 6.92 Å². The Hall–Kier alpha value is -1.79. The number of hydrogen-bond acceptors (Lipinski definition) is 3. The molecular weight excluding hydrogens is 296 g/mol. The highest BCUT2D eigenvalue weighted by Crippen LogP contribution is 2.19. The van der Waals surface area contributed by atoms with Crippen LogP contribution in [0.15, 0.2) is 18.2 Å². The van der Waals surface area contributed by atoms with Crippen LogP contribution in [0.5, 0.6) is 0 Å². The molecule has 0 bridgehead atoms. The van der Waals surface area contributed by atoms with Gasteiger partial charge in [0.15, 0.2) is 0 Å². The van der Waals surface area contributed by atoms with E-state index in [9.17, 15) is 9.59 Å². The van der Waals surface area contributed by atoms with Crippen molar-refractivity contribution in [3.63, 3.8) is 0 Å². The van der Waals surface area contributed by atoms with Gasteiger partial charge in [0.2, 0.25) is 0 Å². The number of rotatable bonds is 7. The summed E-state index contributed by atoms with van der Waals surface area (Å²) in [5.41, 5.74) is 0.310. The van der Waals surface area contributed by atoms with Crippen LogP contribution in [0.2, 0.25) is 5.02 Å². The van der Waals surface area contributed by atoms with Crippen LogP contribution in [-0.4, -0.2) is 46.8 Å². The van der Waals surface area contributed by atoms with Crippen LogP contribution in [0, 0.1) is 0 Å². The number of unbranched alkanes of at least 4 members (excludes halogenated alkanes) is 1. The third kappa shape index (κ3) is 5.61. The van der Waals surface area contributed by atoms with E-state index in [0.29, 0.717) is 12.2 Å². The first-order valence-corrected chi connectivity index (χ1v) is 7.06. The van der Waals surface area contributed by atoms with Crippen molar-refractivity contribution >= 4 is 29.3 Å². The van der Waals surface area contributed by atoms with Crippen molar-refractivity contribution in [3.8, 4) is 0 Å². The van der Waals surface area contributed by atoms with Crippen molar-refractivity contribution in [2.75, 3.05) is 25.0 Å². The van der Waals surface area contributed by atoms with E-state index in [4.69, 9.17) is 21.8 Å². The molecule has 0 spiro atoms. The second kappa shape index (κ2) is 8.49. The fourth-order valence-electron chi connectivity index (χ4n) is 1.77. The van der Waals surface area contributed by atoms with Crippen LogP contribution in [0.3, 0.4) is 0 Å². The minimum absolute atomic E-state index is 0.0000615. The van der Waals surface area contributed by atoms with Crippen molar-refractivity contribution in [2.24, 2.45) is 0 Å². The van der Waals surface area contributed by atoms with Crippen molar-refractivity contribution in [3.05, 3.63) is 28.8 Å². The number of anilines is 1.